The smallest absolute Gasteiger partial charge is 0.305 e. The van der Waals surface area contributed by atoms with E-state index in [9.17, 15) is 9.59 Å². The molecular formula is C32H31N3O3S. The minimum absolute atomic E-state index is 0.100. The van der Waals surface area contributed by atoms with Crippen LogP contribution in [-0.4, -0.2) is 28.5 Å². The number of benzene rings is 3. The van der Waals surface area contributed by atoms with Crippen molar-refractivity contribution in [3.63, 3.8) is 0 Å². The number of carboxylic acids is 1. The van der Waals surface area contributed by atoms with Crippen LogP contribution in [0.15, 0.2) is 84.9 Å². The number of aromatic nitrogens is 1. The summed E-state index contributed by atoms with van der Waals surface area (Å²) in [6.45, 7) is 0.670. The van der Waals surface area contributed by atoms with Crippen LogP contribution in [0, 0.1) is 0 Å². The number of anilines is 1. The Morgan fingerprint density at radius 1 is 0.872 bits per heavy atom. The molecule has 0 aliphatic heterocycles. The highest BCUT2D eigenvalue weighted by Gasteiger charge is 2.16. The van der Waals surface area contributed by atoms with Crippen molar-refractivity contribution >= 4 is 33.9 Å². The van der Waals surface area contributed by atoms with E-state index in [1.165, 1.54) is 30.4 Å². The fourth-order valence-corrected chi connectivity index (χ4v) is 5.64. The van der Waals surface area contributed by atoms with E-state index in [1.54, 1.807) is 23.5 Å². The van der Waals surface area contributed by atoms with E-state index in [0.717, 1.165) is 38.8 Å². The molecule has 198 valence electrons. The predicted molar refractivity (Wildman–Crippen MR) is 158 cm³/mol. The summed E-state index contributed by atoms with van der Waals surface area (Å²) in [4.78, 5) is 28.9. The number of amides is 1. The fraction of sp³-hybridized carbons (Fsp3) is 0.219. The number of hydrogen-bond acceptors (Lipinski definition) is 5. The van der Waals surface area contributed by atoms with Gasteiger partial charge in [-0.3, -0.25) is 9.59 Å². The number of thiazole rings is 1. The third-order valence-corrected chi connectivity index (χ3v) is 7.83. The Balaban J connectivity index is 1.31. The van der Waals surface area contributed by atoms with Gasteiger partial charge in [0.15, 0.2) is 5.13 Å². The van der Waals surface area contributed by atoms with Gasteiger partial charge in [0.1, 0.15) is 0 Å². The van der Waals surface area contributed by atoms with Crippen molar-refractivity contribution in [2.75, 3.05) is 11.9 Å². The highest BCUT2D eigenvalue weighted by molar-refractivity contribution is 7.19. The van der Waals surface area contributed by atoms with Crippen LogP contribution in [0.2, 0.25) is 0 Å². The standard InChI is InChI=1S/C32H31N3O3S/c36-28(37)19-20-33-31(38)27-13-11-22(12-14-27)21-34-32-35-29(25-9-5-2-6-10-25)30(39-32)26-17-15-24(16-18-26)23-7-3-1-4-8-23/h2,5-7,9-18H,1,3-4,8,19-21H2,(H,33,38)(H,34,35)(H,36,37). The summed E-state index contributed by atoms with van der Waals surface area (Å²) in [6, 6.07) is 26.4. The minimum Gasteiger partial charge on any atom is -0.481 e. The normalized spacial score (nSPS) is 13.0. The number of rotatable bonds is 10. The van der Waals surface area contributed by atoms with Crippen LogP contribution in [0.4, 0.5) is 5.13 Å². The van der Waals surface area contributed by atoms with Crippen LogP contribution >= 0.6 is 11.3 Å². The molecule has 0 bridgehead atoms. The summed E-state index contributed by atoms with van der Waals surface area (Å²) < 4.78 is 0. The Bertz CT molecular complexity index is 1460. The first kappa shape index (κ1) is 26.4. The highest BCUT2D eigenvalue weighted by Crippen LogP contribution is 2.40. The number of nitrogens with zero attached hydrogens (tertiary/aromatic N) is 1. The first-order valence-electron chi connectivity index (χ1n) is 13.3. The van der Waals surface area contributed by atoms with Crippen LogP contribution in [0.1, 0.15) is 53.6 Å². The van der Waals surface area contributed by atoms with E-state index in [2.05, 4.69) is 53.1 Å². The number of hydrogen-bond donors (Lipinski definition) is 3. The molecular weight excluding hydrogens is 506 g/mol. The lowest BCUT2D eigenvalue weighted by Crippen LogP contribution is -2.25. The monoisotopic (exact) mass is 537 g/mol. The number of aliphatic carboxylic acids is 1. The van der Waals surface area contributed by atoms with Gasteiger partial charge < -0.3 is 15.7 Å². The largest absolute Gasteiger partial charge is 0.481 e. The Morgan fingerprint density at radius 3 is 2.31 bits per heavy atom. The Labute approximate surface area is 232 Å². The maximum Gasteiger partial charge on any atom is 0.305 e. The van der Waals surface area contributed by atoms with Gasteiger partial charge >= 0.3 is 5.97 Å². The van der Waals surface area contributed by atoms with Gasteiger partial charge in [0.25, 0.3) is 5.91 Å². The molecule has 0 atom stereocenters. The van der Waals surface area contributed by atoms with Crippen molar-refractivity contribution in [3.8, 4) is 21.7 Å². The summed E-state index contributed by atoms with van der Waals surface area (Å²) in [6.07, 6.45) is 7.14. The maximum absolute atomic E-state index is 12.2. The molecule has 5 rings (SSSR count). The molecule has 1 aromatic heterocycles. The molecule has 7 heteroatoms. The van der Waals surface area contributed by atoms with Gasteiger partial charge in [0.2, 0.25) is 0 Å². The highest BCUT2D eigenvalue weighted by atomic mass is 32.1. The fourth-order valence-electron chi connectivity index (χ4n) is 4.66. The lowest BCUT2D eigenvalue weighted by molar-refractivity contribution is -0.136. The van der Waals surface area contributed by atoms with Gasteiger partial charge in [-0.05, 0) is 60.1 Å². The average Bonchev–Trinajstić information content (AvgIpc) is 3.41. The summed E-state index contributed by atoms with van der Waals surface area (Å²) >= 11 is 1.64. The van der Waals surface area contributed by atoms with Crippen LogP contribution < -0.4 is 10.6 Å². The first-order valence-corrected chi connectivity index (χ1v) is 14.1. The summed E-state index contributed by atoms with van der Waals surface area (Å²) in [7, 11) is 0. The van der Waals surface area contributed by atoms with Crippen molar-refractivity contribution in [3.05, 3.63) is 102 Å². The quantitative estimate of drug-likeness (QED) is 0.198. The SMILES string of the molecule is O=C(O)CCNC(=O)c1ccc(CNc2nc(-c3ccccc3)c(-c3ccc(C4=CCCCC4)cc3)s2)cc1. The van der Waals surface area contributed by atoms with Crippen LogP contribution in [0.3, 0.4) is 0 Å². The molecule has 0 unspecified atom stereocenters. The number of carbonyl (C=O) groups excluding carboxylic acids is 1. The molecule has 6 nitrogen and oxygen atoms in total. The van der Waals surface area contributed by atoms with E-state index in [-0.39, 0.29) is 18.9 Å². The van der Waals surface area contributed by atoms with Gasteiger partial charge in [-0.2, -0.15) is 0 Å². The second-order valence-electron chi connectivity index (χ2n) is 9.57. The van der Waals surface area contributed by atoms with E-state index in [0.29, 0.717) is 12.1 Å². The zero-order valence-electron chi connectivity index (χ0n) is 21.7. The Morgan fingerprint density at radius 2 is 1.62 bits per heavy atom. The molecule has 1 amide bonds. The lowest BCUT2D eigenvalue weighted by Gasteiger charge is -2.13. The molecule has 0 radical (unpaired) electrons. The zero-order chi connectivity index (χ0) is 27.0. The van der Waals surface area contributed by atoms with E-state index >= 15 is 0 Å². The maximum atomic E-state index is 12.2. The van der Waals surface area contributed by atoms with Gasteiger partial charge in [-0.1, -0.05) is 84.1 Å². The number of carboxylic acid groups (broad SMARTS) is 1. The topological polar surface area (TPSA) is 91.3 Å². The van der Waals surface area contributed by atoms with Gasteiger partial charge in [-0.25, -0.2) is 4.98 Å². The molecule has 4 aromatic rings. The van der Waals surface area contributed by atoms with Crippen molar-refractivity contribution < 1.29 is 14.7 Å². The molecule has 3 N–H and O–H groups in total. The van der Waals surface area contributed by atoms with E-state index < -0.39 is 5.97 Å². The van der Waals surface area contributed by atoms with Gasteiger partial charge in [0.05, 0.1) is 17.0 Å². The molecule has 1 aliphatic carbocycles. The van der Waals surface area contributed by atoms with Crippen LogP contribution in [0.5, 0.6) is 0 Å². The Kier molecular flexibility index (Phi) is 8.48. The van der Waals surface area contributed by atoms with Crippen molar-refractivity contribution in [2.45, 2.75) is 38.6 Å². The molecule has 1 aliphatic rings. The Hall–Kier alpha value is -4.23. The zero-order valence-corrected chi connectivity index (χ0v) is 22.5. The summed E-state index contributed by atoms with van der Waals surface area (Å²) in [5, 5.41) is 15.6. The molecule has 0 saturated carbocycles. The molecule has 0 spiro atoms. The van der Waals surface area contributed by atoms with Gasteiger partial charge in [0, 0.05) is 24.2 Å². The predicted octanol–water partition coefficient (Wildman–Crippen LogP) is 7.25. The summed E-state index contributed by atoms with van der Waals surface area (Å²) in [5.74, 6) is -1.22. The third kappa shape index (κ3) is 6.81. The second kappa shape index (κ2) is 12.5. The summed E-state index contributed by atoms with van der Waals surface area (Å²) in [5.41, 5.74) is 7.46. The van der Waals surface area contributed by atoms with Crippen LogP contribution in [-0.2, 0) is 11.3 Å². The molecule has 0 saturated heterocycles. The number of nitrogens with one attached hydrogen (secondary N) is 2. The molecule has 0 fully saturated rings. The van der Waals surface area contributed by atoms with Crippen LogP contribution in [0.25, 0.3) is 27.3 Å². The molecule has 3 aromatic carbocycles. The van der Waals surface area contributed by atoms with E-state index in [4.69, 9.17) is 10.1 Å². The number of allylic oxidation sites excluding steroid dienone is 2. The lowest BCUT2D eigenvalue weighted by atomic mass is 9.93. The average molecular weight is 538 g/mol. The van der Waals surface area contributed by atoms with Crippen molar-refractivity contribution in [2.24, 2.45) is 0 Å². The van der Waals surface area contributed by atoms with Gasteiger partial charge in [-0.15, -0.1) is 0 Å². The molecule has 39 heavy (non-hydrogen) atoms. The second-order valence-corrected chi connectivity index (χ2v) is 10.6. The number of carbonyl (C=O) groups is 2. The molecule has 1 heterocycles. The first-order chi connectivity index (χ1) is 19.1. The van der Waals surface area contributed by atoms with Crippen molar-refractivity contribution in [1.29, 1.82) is 0 Å². The third-order valence-electron chi connectivity index (χ3n) is 6.77. The van der Waals surface area contributed by atoms with Crippen molar-refractivity contribution in [1.82, 2.24) is 10.3 Å². The minimum atomic E-state index is -0.938. The van der Waals surface area contributed by atoms with E-state index in [1.807, 2.05) is 30.3 Å².